The third kappa shape index (κ3) is 4.18. The normalized spacial score (nSPS) is 21.4. The predicted octanol–water partition coefficient (Wildman–Crippen LogP) is 4.90. The average molecular weight is 378 g/mol. The standard InChI is InChI=1S/C20H31NO4Si/c1-19(2,3)24-18(23)21-15(14-12-10-9-11-13-14)16(17(21)22)25-26(7,8)20(4,5)6/h9-13,15-16H,1-8H3/t15-,16+/m1/s1. The number of carbonyl (C=O) groups excluding carboxylic acids is 2. The Morgan fingerprint density at radius 2 is 1.58 bits per heavy atom. The molecule has 0 radical (unpaired) electrons. The summed E-state index contributed by atoms with van der Waals surface area (Å²) < 4.78 is 11.8. The Morgan fingerprint density at radius 1 is 1.04 bits per heavy atom. The molecule has 2 atom stereocenters. The fraction of sp³-hybridized carbons (Fsp3) is 0.600. The summed E-state index contributed by atoms with van der Waals surface area (Å²) in [6.07, 6.45) is -1.27. The summed E-state index contributed by atoms with van der Waals surface area (Å²) in [6.45, 7) is 16.0. The highest BCUT2D eigenvalue weighted by molar-refractivity contribution is 6.74. The second-order valence-corrected chi connectivity index (χ2v) is 14.1. The Bertz CT molecular complexity index is 673. The highest BCUT2D eigenvalue weighted by Crippen LogP contribution is 2.44. The van der Waals surface area contributed by atoms with Gasteiger partial charge in [-0.25, -0.2) is 9.69 Å². The molecule has 2 rings (SSSR count). The quantitative estimate of drug-likeness (QED) is 0.555. The minimum Gasteiger partial charge on any atom is -0.443 e. The lowest BCUT2D eigenvalue weighted by Gasteiger charge is -2.49. The van der Waals surface area contributed by atoms with E-state index in [-0.39, 0.29) is 10.9 Å². The number of carbonyl (C=O) groups is 2. The van der Waals surface area contributed by atoms with E-state index in [9.17, 15) is 9.59 Å². The van der Waals surface area contributed by atoms with Crippen molar-refractivity contribution in [2.24, 2.45) is 0 Å². The number of β-lactam (4-membered cyclic amide) rings is 1. The number of likely N-dealkylation sites (tertiary alicyclic amines) is 1. The topological polar surface area (TPSA) is 55.8 Å². The fourth-order valence-electron chi connectivity index (χ4n) is 2.56. The zero-order valence-electron chi connectivity index (χ0n) is 17.1. The van der Waals surface area contributed by atoms with Crippen molar-refractivity contribution in [3.05, 3.63) is 35.9 Å². The van der Waals surface area contributed by atoms with E-state index in [4.69, 9.17) is 9.16 Å². The van der Waals surface area contributed by atoms with Crippen LogP contribution in [0.3, 0.4) is 0 Å². The summed E-state index contributed by atoms with van der Waals surface area (Å²) in [5.74, 6) is -0.321. The summed E-state index contributed by atoms with van der Waals surface area (Å²) in [4.78, 5) is 26.6. The molecule has 1 aliphatic rings. The first-order chi connectivity index (χ1) is 11.7. The molecule has 0 N–H and O–H groups in total. The summed E-state index contributed by atoms with van der Waals surface area (Å²) >= 11 is 0. The van der Waals surface area contributed by atoms with Crippen LogP contribution in [0.4, 0.5) is 4.79 Å². The second-order valence-electron chi connectivity index (χ2n) is 9.34. The van der Waals surface area contributed by atoms with Crippen LogP contribution < -0.4 is 0 Å². The average Bonchev–Trinajstić information content (AvgIpc) is 2.47. The maximum Gasteiger partial charge on any atom is 0.417 e. The number of ether oxygens (including phenoxy) is 1. The molecular weight excluding hydrogens is 346 g/mol. The zero-order valence-corrected chi connectivity index (χ0v) is 18.1. The van der Waals surface area contributed by atoms with Crippen molar-refractivity contribution in [1.29, 1.82) is 0 Å². The first-order valence-corrected chi connectivity index (χ1v) is 11.9. The Hall–Kier alpha value is -1.66. The van der Waals surface area contributed by atoms with Gasteiger partial charge in [0.25, 0.3) is 5.91 Å². The molecule has 0 bridgehead atoms. The van der Waals surface area contributed by atoms with E-state index in [2.05, 4.69) is 33.9 Å². The lowest BCUT2D eigenvalue weighted by molar-refractivity contribution is -0.162. The molecule has 26 heavy (non-hydrogen) atoms. The summed E-state index contributed by atoms with van der Waals surface area (Å²) in [7, 11) is -2.17. The molecule has 6 heteroatoms. The van der Waals surface area contributed by atoms with Crippen LogP contribution in [-0.4, -0.2) is 36.9 Å². The van der Waals surface area contributed by atoms with Crippen LogP contribution in [0.25, 0.3) is 0 Å². The molecule has 1 aliphatic heterocycles. The van der Waals surface area contributed by atoms with E-state index in [0.717, 1.165) is 5.56 Å². The van der Waals surface area contributed by atoms with Crippen LogP contribution in [0.1, 0.15) is 53.1 Å². The number of hydrogen-bond acceptors (Lipinski definition) is 4. The van der Waals surface area contributed by atoms with E-state index >= 15 is 0 Å². The molecule has 0 spiro atoms. The van der Waals surface area contributed by atoms with Crippen LogP contribution in [0.15, 0.2) is 30.3 Å². The molecule has 1 heterocycles. The Kier molecular flexibility index (Phi) is 5.41. The first kappa shape index (κ1) is 20.6. The fourth-order valence-corrected chi connectivity index (χ4v) is 3.78. The van der Waals surface area contributed by atoms with Gasteiger partial charge in [0.1, 0.15) is 11.6 Å². The van der Waals surface area contributed by atoms with Crippen molar-refractivity contribution >= 4 is 20.3 Å². The Labute approximate surface area is 157 Å². The molecule has 0 aromatic heterocycles. The van der Waals surface area contributed by atoms with Gasteiger partial charge in [0, 0.05) is 0 Å². The monoisotopic (exact) mass is 377 g/mol. The summed E-state index contributed by atoms with van der Waals surface area (Å²) in [6, 6.07) is 9.08. The molecule has 5 nitrogen and oxygen atoms in total. The molecule has 2 amide bonds. The van der Waals surface area contributed by atoms with Crippen molar-refractivity contribution in [1.82, 2.24) is 4.90 Å². The zero-order chi connectivity index (χ0) is 19.9. The molecule has 1 aromatic carbocycles. The van der Waals surface area contributed by atoms with Gasteiger partial charge in [-0.2, -0.15) is 0 Å². The van der Waals surface area contributed by atoms with E-state index in [1.54, 1.807) is 20.8 Å². The van der Waals surface area contributed by atoms with Crippen LogP contribution >= 0.6 is 0 Å². The number of nitrogens with zero attached hydrogens (tertiary/aromatic N) is 1. The van der Waals surface area contributed by atoms with Gasteiger partial charge in [0.05, 0.1) is 0 Å². The number of amides is 2. The van der Waals surface area contributed by atoms with Crippen LogP contribution in [0, 0.1) is 0 Å². The number of imide groups is 1. The van der Waals surface area contributed by atoms with Gasteiger partial charge in [0.15, 0.2) is 14.4 Å². The van der Waals surface area contributed by atoms with Crippen molar-refractivity contribution in [2.45, 2.75) is 77.4 Å². The molecule has 1 aromatic rings. The number of rotatable bonds is 3. The summed E-state index contributed by atoms with van der Waals surface area (Å²) in [5.41, 5.74) is 0.214. The van der Waals surface area contributed by atoms with Crippen molar-refractivity contribution in [3.8, 4) is 0 Å². The predicted molar refractivity (Wildman–Crippen MR) is 104 cm³/mol. The van der Waals surface area contributed by atoms with E-state index in [1.165, 1.54) is 4.90 Å². The number of benzene rings is 1. The van der Waals surface area contributed by atoms with Crippen molar-refractivity contribution < 1.29 is 18.8 Å². The first-order valence-electron chi connectivity index (χ1n) is 9.03. The van der Waals surface area contributed by atoms with E-state index in [0.29, 0.717) is 0 Å². The number of hydrogen-bond donors (Lipinski definition) is 0. The highest BCUT2D eigenvalue weighted by atomic mass is 28.4. The third-order valence-electron chi connectivity index (χ3n) is 5.00. The van der Waals surface area contributed by atoms with Crippen LogP contribution in [0.2, 0.25) is 18.1 Å². The lowest BCUT2D eigenvalue weighted by Crippen LogP contribution is -2.65. The van der Waals surface area contributed by atoms with Crippen LogP contribution in [-0.2, 0) is 14.0 Å². The van der Waals surface area contributed by atoms with E-state index in [1.807, 2.05) is 30.3 Å². The molecule has 0 saturated carbocycles. The van der Waals surface area contributed by atoms with Crippen LogP contribution in [0.5, 0.6) is 0 Å². The van der Waals surface area contributed by atoms with Gasteiger partial charge in [-0.1, -0.05) is 51.1 Å². The minimum atomic E-state index is -2.17. The maximum atomic E-state index is 12.8. The van der Waals surface area contributed by atoms with Gasteiger partial charge in [-0.3, -0.25) is 4.79 Å². The SMILES string of the molecule is CC(C)(C)OC(=O)N1C(=O)[C@@H](O[Si](C)(C)C(C)(C)C)[C@H]1c1ccccc1. The van der Waals surface area contributed by atoms with Gasteiger partial charge in [-0.05, 0) is 44.5 Å². The van der Waals surface area contributed by atoms with Gasteiger partial charge < -0.3 is 9.16 Å². The Balaban J connectivity index is 2.32. The minimum absolute atomic E-state index is 0.0269. The van der Waals surface area contributed by atoms with Crippen molar-refractivity contribution in [2.75, 3.05) is 0 Å². The molecular formula is C20H31NO4Si. The van der Waals surface area contributed by atoms with Gasteiger partial charge >= 0.3 is 6.09 Å². The smallest absolute Gasteiger partial charge is 0.417 e. The largest absolute Gasteiger partial charge is 0.443 e. The Morgan fingerprint density at radius 3 is 2.04 bits per heavy atom. The van der Waals surface area contributed by atoms with Gasteiger partial charge in [0.2, 0.25) is 0 Å². The molecule has 0 unspecified atom stereocenters. The molecule has 0 aliphatic carbocycles. The molecule has 144 valence electrons. The lowest BCUT2D eigenvalue weighted by atomic mass is 9.91. The maximum absolute atomic E-state index is 12.8. The molecule has 1 saturated heterocycles. The summed E-state index contributed by atoms with van der Waals surface area (Å²) in [5, 5.41) is -0.0269. The van der Waals surface area contributed by atoms with Gasteiger partial charge in [-0.15, -0.1) is 0 Å². The highest BCUT2D eigenvalue weighted by Gasteiger charge is 2.56. The van der Waals surface area contributed by atoms with E-state index < -0.39 is 32.2 Å². The van der Waals surface area contributed by atoms with Crippen molar-refractivity contribution in [3.63, 3.8) is 0 Å². The molecule has 1 fully saturated rings. The third-order valence-corrected chi connectivity index (χ3v) is 9.46. The second kappa shape index (κ2) is 6.81.